The summed E-state index contributed by atoms with van der Waals surface area (Å²) in [6.07, 6.45) is 12.2. The van der Waals surface area contributed by atoms with Gasteiger partial charge in [-0.3, -0.25) is 24.0 Å². The molecule has 2 aliphatic rings. The van der Waals surface area contributed by atoms with Crippen molar-refractivity contribution in [3.63, 3.8) is 0 Å². The molecule has 2 atom stereocenters. The van der Waals surface area contributed by atoms with Crippen LogP contribution in [0.3, 0.4) is 0 Å². The number of rotatable bonds is 5. The van der Waals surface area contributed by atoms with Gasteiger partial charge in [0.25, 0.3) is 0 Å². The molecule has 11 nitrogen and oxygen atoms in total. The fraction of sp³-hybridized carbons (Fsp3) is 0.486. The first-order valence-corrected chi connectivity index (χ1v) is 15.8. The maximum absolute atomic E-state index is 12.5. The van der Waals surface area contributed by atoms with Gasteiger partial charge >= 0.3 is 0 Å². The number of aldehydes is 1. The molecule has 0 aromatic heterocycles. The Kier molecular flexibility index (Phi) is 19.6. The minimum atomic E-state index is -1.04. The van der Waals surface area contributed by atoms with E-state index in [2.05, 4.69) is 84.8 Å². The maximum Gasteiger partial charge on any atom is 0.243 e. The Labute approximate surface area is 273 Å². The molecule has 5 N–H and O–H groups in total. The highest BCUT2D eigenvalue weighted by molar-refractivity contribution is 5.93. The fourth-order valence-corrected chi connectivity index (χ4v) is 4.49. The van der Waals surface area contributed by atoms with E-state index in [1.807, 2.05) is 0 Å². The van der Waals surface area contributed by atoms with Crippen LogP contribution in [0, 0.1) is 19.8 Å². The average Bonchev–Trinajstić information content (AvgIpc) is 3.04. The Balaban J connectivity index is 0.000000565. The number of hydrogen-bond donors (Lipinski definition) is 5. The normalized spacial score (nSPS) is 20.7. The lowest BCUT2D eigenvalue weighted by Gasteiger charge is -2.19. The highest BCUT2D eigenvalue weighted by atomic mass is 16.2. The second-order valence-electron chi connectivity index (χ2n) is 11.5. The molecule has 0 bridgehead atoms. The summed E-state index contributed by atoms with van der Waals surface area (Å²) in [4.78, 5) is 71.5. The van der Waals surface area contributed by atoms with Gasteiger partial charge in [-0.05, 0) is 25.3 Å². The van der Waals surface area contributed by atoms with Crippen LogP contribution in [0.25, 0.3) is 0 Å². The third kappa shape index (κ3) is 18.3. The number of hydrogen-bond acceptors (Lipinski definition) is 6. The van der Waals surface area contributed by atoms with E-state index in [9.17, 15) is 28.8 Å². The highest BCUT2D eigenvalue weighted by Gasteiger charge is 2.23. The third-order valence-corrected chi connectivity index (χ3v) is 7.28. The predicted octanol–water partition coefficient (Wildman–Crippen LogP) is 2.88. The average molecular weight is 638 g/mol. The van der Waals surface area contributed by atoms with Crippen molar-refractivity contribution in [3.05, 3.63) is 72.4 Å². The van der Waals surface area contributed by atoms with Crippen LogP contribution in [0.2, 0.25) is 0 Å². The molecule has 3 rings (SSSR count). The molecule has 1 aliphatic carbocycles. The lowest BCUT2D eigenvalue weighted by atomic mass is 9.91. The van der Waals surface area contributed by atoms with Gasteiger partial charge in [-0.1, -0.05) is 106 Å². The molecule has 1 saturated carbocycles. The van der Waals surface area contributed by atoms with Crippen molar-refractivity contribution >= 4 is 35.8 Å². The third-order valence-electron chi connectivity index (χ3n) is 7.28. The molecular weight excluding hydrogens is 586 g/mol. The summed E-state index contributed by atoms with van der Waals surface area (Å²) in [5.74, 6) is -1.93. The van der Waals surface area contributed by atoms with E-state index < -0.39 is 54.7 Å². The van der Waals surface area contributed by atoms with Crippen LogP contribution in [0.4, 0.5) is 0 Å². The van der Waals surface area contributed by atoms with Gasteiger partial charge in [0.05, 0.1) is 13.1 Å². The summed E-state index contributed by atoms with van der Waals surface area (Å²) in [6.45, 7) is 12.8. The Morgan fingerprint density at radius 1 is 0.783 bits per heavy atom. The predicted molar refractivity (Wildman–Crippen MR) is 179 cm³/mol. The quantitative estimate of drug-likeness (QED) is 0.246. The molecular formula is C35H51N5O6. The second kappa shape index (κ2) is 22.9. The molecule has 1 aromatic carbocycles. The first-order chi connectivity index (χ1) is 22.0. The highest BCUT2D eigenvalue weighted by Crippen LogP contribution is 2.22. The van der Waals surface area contributed by atoms with Gasteiger partial charge in [-0.2, -0.15) is 0 Å². The number of amides is 5. The van der Waals surface area contributed by atoms with Crippen molar-refractivity contribution in [1.29, 1.82) is 0 Å². The minimum Gasteiger partial charge on any atom is -0.352 e. The van der Waals surface area contributed by atoms with E-state index in [-0.39, 0.29) is 25.8 Å². The summed E-state index contributed by atoms with van der Waals surface area (Å²) in [5.41, 5.74) is 3.28. The van der Waals surface area contributed by atoms with E-state index in [1.54, 1.807) is 6.08 Å². The summed E-state index contributed by atoms with van der Waals surface area (Å²) in [7, 11) is 0. The van der Waals surface area contributed by atoms with E-state index in [1.165, 1.54) is 55.4 Å². The van der Waals surface area contributed by atoms with Crippen LogP contribution in [-0.2, 0) is 28.8 Å². The van der Waals surface area contributed by atoms with Crippen molar-refractivity contribution in [1.82, 2.24) is 26.6 Å². The lowest BCUT2D eigenvalue weighted by Crippen LogP contribution is -2.51. The zero-order chi connectivity index (χ0) is 34.3. The number of carbonyl (C=O) groups excluding carboxylic acids is 6. The Hall–Kier alpha value is -4.54. The van der Waals surface area contributed by atoms with Crippen LogP contribution in [0.1, 0.15) is 69.4 Å². The molecule has 46 heavy (non-hydrogen) atoms. The van der Waals surface area contributed by atoms with E-state index in [4.69, 9.17) is 0 Å². The zero-order valence-electron chi connectivity index (χ0n) is 27.5. The standard InChI is InChI=1S/C20H27N5O6.C8H10.C7H14/c1-3-5-13(4-2)8-15-20(31)23-10-18(29)21-9-14(12-26)24-17(28)7-6-16(27)22-11-19(30)25-15;1-7-3-5-8(2)6-4-7;1-7-5-3-2-4-6-7/h3-5,12,14-15H,1-2,6-11H2,(H,21,29)(H,22,27)(H,23,31)(H,24,28)(H,25,30);3-6H,1-2H3;7H,2-6H2,1H3/b13-5+;;/t14-,15-;;/m0../s1. The maximum atomic E-state index is 12.5. The molecule has 2 fully saturated rings. The molecule has 11 heteroatoms. The van der Waals surface area contributed by atoms with Crippen LogP contribution in [0.5, 0.6) is 0 Å². The molecule has 0 unspecified atom stereocenters. The molecule has 1 aromatic rings. The topological polar surface area (TPSA) is 163 Å². The van der Waals surface area contributed by atoms with Gasteiger partial charge in [0.15, 0.2) is 0 Å². The Bertz CT molecular complexity index is 1180. The monoisotopic (exact) mass is 637 g/mol. The van der Waals surface area contributed by atoms with Crippen LogP contribution in [-0.4, -0.2) is 67.5 Å². The van der Waals surface area contributed by atoms with Crippen LogP contribution in [0.15, 0.2) is 61.2 Å². The zero-order valence-corrected chi connectivity index (χ0v) is 27.5. The first kappa shape index (κ1) is 39.5. The largest absolute Gasteiger partial charge is 0.352 e. The molecule has 1 aliphatic heterocycles. The SMILES string of the molecule is C=C/C=C(\C=C)C[C@@H]1NC(=O)CNC(=O)CCC(=O)N[C@H](C=O)CNC(=O)CNC1=O.CC1CCCCC1.Cc1ccc(C)cc1. The van der Waals surface area contributed by atoms with Gasteiger partial charge < -0.3 is 31.4 Å². The molecule has 0 radical (unpaired) electrons. The van der Waals surface area contributed by atoms with Gasteiger partial charge in [0, 0.05) is 25.8 Å². The van der Waals surface area contributed by atoms with E-state index in [0.717, 1.165) is 5.92 Å². The van der Waals surface area contributed by atoms with Crippen molar-refractivity contribution < 1.29 is 28.8 Å². The molecule has 0 spiro atoms. The number of carbonyl (C=O) groups is 6. The number of benzene rings is 1. The van der Waals surface area contributed by atoms with Gasteiger partial charge in [-0.25, -0.2) is 0 Å². The van der Waals surface area contributed by atoms with E-state index in [0.29, 0.717) is 11.9 Å². The molecule has 252 valence electrons. The molecule has 1 saturated heterocycles. The number of nitrogens with one attached hydrogen (secondary N) is 5. The molecule has 5 amide bonds. The number of allylic oxidation sites excluding steroid dienone is 3. The minimum absolute atomic E-state index is 0.0777. The van der Waals surface area contributed by atoms with Crippen molar-refractivity contribution in [2.24, 2.45) is 5.92 Å². The van der Waals surface area contributed by atoms with Crippen molar-refractivity contribution in [2.75, 3.05) is 19.6 Å². The Morgan fingerprint density at radius 2 is 1.37 bits per heavy atom. The van der Waals surface area contributed by atoms with Crippen LogP contribution >= 0.6 is 0 Å². The van der Waals surface area contributed by atoms with Crippen molar-refractivity contribution in [2.45, 2.75) is 84.2 Å². The summed E-state index contributed by atoms with van der Waals surface area (Å²) >= 11 is 0. The van der Waals surface area contributed by atoms with Gasteiger partial charge in [-0.15, -0.1) is 0 Å². The van der Waals surface area contributed by atoms with E-state index >= 15 is 0 Å². The second-order valence-corrected chi connectivity index (χ2v) is 11.5. The summed E-state index contributed by atoms with van der Waals surface area (Å²) in [6, 6.07) is 6.46. The smallest absolute Gasteiger partial charge is 0.243 e. The van der Waals surface area contributed by atoms with Gasteiger partial charge in [0.2, 0.25) is 29.5 Å². The van der Waals surface area contributed by atoms with Crippen molar-refractivity contribution in [3.8, 4) is 0 Å². The van der Waals surface area contributed by atoms with Gasteiger partial charge in [0.1, 0.15) is 18.4 Å². The first-order valence-electron chi connectivity index (χ1n) is 15.8. The lowest BCUT2D eigenvalue weighted by molar-refractivity contribution is -0.131. The fourth-order valence-electron chi connectivity index (χ4n) is 4.49. The van der Waals surface area contributed by atoms with Crippen LogP contribution < -0.4 is 26.6 Å². The molecule has 1 heterocycles. The summed E-state index contributed by atoms with van der Waals surface area (Å²) < 4.78 is 0. The Morgan fingerprint density at radius 3 is 1.89 bits per heavy atom. The number of aryl methyl sites for hydroxylation is 2. The summed E-state index contributed by atoms with van der Waals surface area (Å²) in [5, 5.41) is 12.1.